The molecular weight excluding hydrogens is 647 g/mol. The predicted octanol–water partition coefficient (Wildman–Crippen LogP) is 12.8. The average molecular weight is 680 g/mol. The van der Waals surface area contributed by atoms with E-state index in [1.54, 1.807) is 0 Å². The molecule has 250 valence electrons. The molecule has 53 heavy (non-hydrogen) atoms. The highest BCUT2D eigenvalue weighted by atomic mass is 16.3. The van der Waals surface area contributed by atoms with Crippen molar-refractivity contribution in [2.75, 3.05) is 0 Å². The number of hydrogen-bond acceptors (Lipinski definition) is 3. The van der Waals surface area contributed by atoms with Crippen molar-refractivity contribution in [2.24, 2.45) is 0 Å². The molecular formula is C49H33N3O. The second kappa shape index (κ2) is 11.1. The Hall–Kier alpha value is -6.78. The van der Waals surface area contributed by atoms with Crippen LogP contribution in [0.4, 0.5) is 0 Å². The van der Waals surface area contributed by atoms with Crippen LogP contribution in [0.3, 0.4) is 0 Å². The standard InChI is InChI=1S/C49H33N3O/c1-49(2)36-23-11-9-19-32(36)45-37(49)27-28-41-46(45)34-20-10-12-24-40(34)52(41)42-25-13-22-35-44-33(21-14-26-43(44)53-47(35)42)39-29-38(30-15-5-3-6-16-30)50-48(51-39)31-17-7-4-8-18-31/h3-29H,1-2H3. The summed E-state index contributed by atoms with van der Waals surface area (Å²) in [5.74, 6) is 0.690. The summed E-state index contributed by atoms with van der Waals surface area (Å²) in [6.07, 6.45) is 0. The van der Waals surface area contributed by atoms with Crippen LogP contribution in [0.1, 0.15) is 25.0 Å². The number of furan rings is 1. The van der Waals surface area contributed by atoms with E-state index in [4.69, 9.17) is 14.4 Å². The van der Waals surface area contributed by atoms with Gasteiger partial charge in [-0.1, -0.05) is 147 Å². The van der Waals surface area contributed by atoms with Gasteiger partial charge in [0.1, 0.15) is 5.58 Å². The first-order valence-electron chi connectivity index (χ1n) is 18.2. The maximum atomic E-state index is 6.91. The second-order valence-electron chi connectivity index (χ2n) is 14.5. The number of aromatic nitrogens is 3. The Labute approximate surface area is 306 Å². The lowest BCUT2D eigenvalue weighted by atomic mass is 9.82. The number of rotatable bonds is 4. The smallest absolute Gasteiger partial charge is 0.160 e. The van der Waals surface area contributed by atoms with E-state index >= 15 is 0 Å². The van der Waals surface area contributed by atoms with Gasteiger partial charge in [-0.25, -0.2) is 9.97 Å². The van der Waals surface area contributed by atoms with Gasteiger partial charge in [0.15, 0.2) is 11.4 Å². The Kier molecular flexibility index (Phi) is 6.27. The summed E-state index contributed by atoms with van der Waals surface area (Å²) in [6, 6.07) is 57.8. The lowest BCUT2D eigenvalue weighted by Gasteiger charge is -2.21. The lowest BCUT2D eigenvalue weighted by molar-refractivity contribution is 0.660. The fourth-order valence-electron chi connectivity index (χ4n) is 8.79. The summed E-state index contributed by atoms with van der Waals surface area (Å²) in [4.78, 5) is 10.2. The molecule has 3 aromatic heterocycles. The number of nitrogens with zero attached hydrogens (tertiary/aromatic N) is 3. The molecule has 0 spiro atoms. The molecule has 0 radical (unpaired) electrons. The largest absolute Gasteiger partial charge is 0.454 e. The van der Waals surface area contributed by atoms with Crippen molar-refractivity contribution in [3.8, 4) is 50.7 Å². The van der Waals surface area contributed by atoms with Gasteiger partial charge in [-0.2, -0.15) is 0 Å². The Morgan fingerprint density at radius 1 is 0.509 bits per heavy atom. The van der Waals surface area contributed by atoms with Crippen LogP contribution >= 0.6 is 0 Å². The van der Waals surface area contributed by atoms with Gasteiger partial charge in [0.05, 0.1) is 28.1 Å². The molecule has 0 atom stereocenters. The van der Waals surface area contributed by atoms with E-state index in [1.165, 1.54) is 38.5 Å². The van der Waals surface area contributed by atoms with Crippen molar-refractivity contribution in [1.82, 2.24) is 14.5 Å². The Balaban J connectivity index is 1.18. The fraction of sp³-hybridized carbons (Fsp3) is 0.0612. The SMILES string of the molecule is CC1(C)c2ccccc2-c2c1ccc1c2c2ccccc2n1-c1cccc2c1oc1cccc(-c3cc(-c4ccccc4)nc(-c4ccccc4)n3)c12. The fourth-order valence-corrected chi connectivity index (χ4v) is 8.79. The summed E-state index contributed by atoms with van der Waals surface area (Å²) >= 11 is 0. The van der Waals surface area contributed by atoms with Crippen molar-refractivity contribution in [3.63, 3.8) is 0 Å². The molecule has 0 amide bonds. The average Bonchev–Trinajstić information content (AvgIpc) is 3.84. The topological polar surface area (TPSA) is 43.9 Å². The maximum absolute atomic E-state index is 6.91. The molecule has 4 nitrogen and oxygen atoms in total. The molecule has 7 aromatic carbocycles. The lowest BCUT2D eigenvalue weighted by Crippen LogP contribution is -2.14. The minimum atomic E-state index is -0.0831. The Bertz CT molecular complexity index is 3020. The zero-order valence-corrected chi connectivity index (χ0v) is 29.3. The predicted molar refractivity (Wildman–Crippen MR) is 218 cm³/mol. The molecule has 0 unspecified atom stereocenters. The zero-order valence-electron chi connectivity index (χ0n) is 29.3. The minimum Gasteiger partial charge on any atom is -0.454 e. The molecule has 0 aliphatic heterocycles. The molecule has 3 heterocycles. The molecule has 0 fully saturated rings. The summed E-state index contributed by atoms with van der Waals surface area (Å²) in [5, 5.41) is 4.61. The van der Waals surface area contributed by atoms with Crippen molar-refractivity contribution in [3.05, 3.63) is 175 Å². The van der Waals surface area contributed by atoms with Gasteiger partial charge < -0.3 is 8.98 Å². The van der Waals surface area contributed by atoms with Crippen molar-refractivity contribution in [2.45, 2.75) is 19.3 Å². The Morgan fingerprint density at radius 3 is 2.04 bits per heavy atom. The molecule has 0 saturated carbocycles. The van der Waals surface area contributed by atoms with Crippen molar-refractivity contribution >= 4 is 43.7 Å². The van der Waals surface area contributed by atoms with E-state index in [1.807, 2.05) is 36.4 Å². The van der Waals surface area contributed by atoms with Crippen LogP contribution < -0.4 is 0 Å². The normalized spacial score (nSPS) is 13.2. The summed E-state index contributed by atoms with van der Waals surface area (Å²) in [6.45, 7) is 4.69. The monoisotopic (exact) mass is 679 g/mol. The highest BCUT2D eigenvalue weighted by Gasteiger charge is 2.37. The number of hydrogen-bond donors (Lipinski definition) is 0. The molecule has 10 aromatic rings. The summed E-state index contributed by atoms with van der Waals surface area (Å²) in [7, 11) is 0. The van der Waals surface area contributed by atoms with Gasteiger partial charge in [0.2, 0.25) is 0 Å². The highest BCUT2D eigenvalue weighted by Crippen LogP contribution is 2.53. The number of para-hydroxylation sites is 2. The molecule has 0 N–H and O–H groups in total. The van der Waals surface area contributed by atoms with E-state index in [0.717, 1.165) is 61.2 Å². The quantitative estimate of drug-likeness (QED) is 0.186. The first-order valence-corrected chi connectivity index (χ1v) is 18.2. The third kappa shape index (κ3) is 4.30. The van der Waals surface area contributed by atoms with Crippen LogP contribution in [-0.4, -0.2) is 14.5 Å². The minimum absolute atomic E-state index is 0.0831. The zero-order chi connectivity index (χ0) is 35.3. The third-order valence-corrected chi connectivity index (χ3v) is 11.2. The van der Waals surface area contributed by atoms with Gasteiger partial charge in [-0.05, 0) is 52.6 Å². The number of fused-ring (bicyclic) bond motifs is 10. The molecule has 1 aliphatic carbocycles. The van der Waals surface area contributed by atoms with E-state index in [0.29, 0.717) is 5.82 Å². The highest BCUT2D eigenvalue weighted by molar-refractivity contribution is 6.19. The van der Waals surface area contributed by atoms with Crippen molar-refractivity contribution < 1.29 is 4.42 Å². The number of benzene rings is 7. The molecule has 0 bridgehead atoms. The summed E-state index contributed by atoms with van der Waals surface area (Å²) in [5.41, 5.74) is 15.1. The van der Waals surface area contributed by atoms with Crippen LogP contribution in [0.15, 0.2) is 168 Å². The van der Waals surface area contributed by atoms with Gasteiger partial charge in [0, 0.05) is 43.7 Å². The van der Waals surface area contributed by atoms with Gasteiger partial charge >= 0.3 is 0 Å². The maximum Gasteiger partial charge on any atom is 0.160 e. The van der Waals surface area contributed by atoms with Gasteiger partial charge in [0.25, 0.3) is 0 Å². The molecule has 1 aliphatic rings. The van der Waals surface area contributed by atoms with E-state index in [9.17, 15) is 0 Å². The van der Waals surface area contributed by atoms with E-state index in [-0.39, 0.29) is 5.41 Å². The molecule has 11 rings (SSSR count). The molecule has 4 heteroatoms. The van der Waals surface area contributed by atoms with E-state index < -0.39 is 0 Å². The van der Waals surface area contributed by atoms with Crippen LogP contribution in [0.2, 0.25) is 0 Å². The van der Waals surface area contributed by atoms with Crippen LogP contribution in [0.5, 0.6) is 0 Å². The van der Waals surface area contributed by atoms with Crippen LogP contribution in [0, 0.1) is 0 Å². The van der Waals surface area contributed by atoms with Crippen LogP contribution in [0.25, 0.3) is 94.5 Å². The second-order valence-corrected chi connectivity index (χ2v) is 14.5. The summed E-state index contributed by atoms with van der Waals surface area (Å²) < 4.78 is 9.31. The molecule has 0 saturated heterocycles. The first kappa shape index (κ1) is 29.9. The van der Waals surface area contributed by atoms with Crippen molar-refractivity contribution in [1.29, 1.82) is 0 Å². The first-order chi connectivity index (χ1) is 26.1. The van der Waals surface area contributed by atoms with Gasteiger partial charge in [-0.3, -0.25) is 0 Å². The third-order valence-electron chi connectivity index (χ3n) is 11.2. The van der Waals surface area contributed by atoms with Crippen LogP contribution in [-0.2, 0) is 5.41 Å². The van der Waals surface area contributed by atoms with E-state index in [2.05, 4.69) is 146 Å². The Morgan fingerprint density at radius 2 is 1.19 bits per heavy atom. The van der Waals surface area contributed by atoms with Gasteiger partial charge in [-0.15, -0.1) is 0 Å².